The molecule has 4 heterocycles. The summed E-state index contributed by atoms with van der Waals surface area (Å²) in [6.45, 7) is 12.4. The lowest BCUT2D eigenvalue weighted by Gasteiger charge is -2.45. The highest BCUT2D eigenvalue weighted by atomic mass is 32.2. The van der Waals surface area contributed by atoms with E-state index in [1.54, 1.807) is 11.8 Å². The summed E-state index contributed by atoms with van der Waals surface area (Å²) in [6, 6.07) is 1.81. The van der Waals surface area contributed by atoms with Crippen molar-refractivity contribution in [2.24, 2.45) is 11.8 Å². The molecule has 9 atom stereocenters. The van der Waals surface area contributed by atoms with Crippen LogP contribution in [0.2, 0.25) is 0 Å². The van der Waals surface area contributed by atoms with Crippen molar-refractivity contribution >= 4 is 17.7 Å². The predicted octanol–water partition coefficient (Wildman–Crippen LogP) is -0.154. The molecule has 9 unspecified atom stereocenters. The maximum absolute atomic E-state index is 12.8. The van der Waals surface area contributed by atoms with Gasteiger partial charge < -0.3 is 20.7 Å². The first-order valence-corrected chi connectivity index (χ1v) is 15.0. The van der Waals surface area contributed by atoms with E-state index in [1.807, 2.05) is 0 Å². The molecule has 0 aromatic heterocycles. The minimum absolute atomic E-state index is 0.0450. The van der Waals surface area contributed by atoms with Crippen LogP contribution >= 0.6 is 11.8 Å². The largest absolute Gasteiger partial charge is 0.379 e. The molecule has 1 saturated carbocycles. The second-order valence-corrected chi connectivity index (χ2v) is 12.9. The van der Waals surface area contributed by atoms with Gasteiger partial charge in [-0.25, -0.2) is 0 Å². The molecular formula is C25H47N7O2S. The summed E-state index contributed by atoms with van der Waals surface area (Å²) < 4.78 is 5.57. The van der Waals surface area contributed by atoms with Gasteiger partial charge in [-0.1, -0.05) is 6.92 Å². The first-order chi connectivity index (χ1) is 17.0. The van der Waals surface area contributed by atoms with Gasteiger partial charge in [-0.05, 0) is 64.0 Å². The number of nitrogens with one attached hydrogen (secondary N) is 6. The molecule has 6 N–H and O–H groups in total. The van der Waals surface area contributed by atoms with Gasteiger partial charge in [-0.15, -0.1) is 11.8 Å². The van der Waals surface area contributed by atoms with Gasteiger partial charge in [-0.3, -0.25) is 25.6 Å². The van der Waals surface area contributed by atoms with Crippen molar-refractivity contribution in [2.45, 2.75) is 87.0 Å². The lowest BCUT2D eigenvalue weighted by molar-refractivity contribution is -0.121. The lowest BCUT2D eigenvalue weighted by atomic mass is 9.82. The van der Waals surface area contributed by atoms with E-state index in [4.69, 9.17) is 4.74 Å². The monoisotopic (exact) mass is 509 g/mol. The van der Waals surface area contributed by atoms with Crippen LogP contribution in [0.3, 0.4) is 0 Å². The Morgan fingerprint density at radius 3 is 2.69 bits per heavy atom. The van der Waals surface area contributed by atoms with Crippen molar-refractivity contribution in [3.8, 4) is 0 Å². The fraction of sp³-hybridized carbons (Fsp3) is 0.960. The number of rotatable bonds is 6. The van der Waals surface area contributed by atoms with Gasteiger partial charge in [-0.2, -0.15) is 0 Å². The molecule has 200 valence electrons. The zero-order valence-electron chi connectivity index (χ0n) is 21.6. The molecule has 0 aromatic rings. The minimum Gasteiger partial charge on any atom is -0.379 e. The van der Waals surface area contributed by atoms with Crippen molar-refractivity contribution in [1.29, 1.82) is 0 Å². The summed E-state index contributed by atoms with van der Waals surface area (Å²) in [6.07, 6.45) is 5.80. The van der Waals surface area contributed by atoms with Gasteiger partial charge in [0.1, 0.15) is 6.29 Å². The van der Waals surface area contributed by atoms with Gasteiger partial charge >= 0.3 is 0 Å². The third-order valence-electron chi connectivity index (χ3n) is 8.85. The fourth-order valence-electron chi connectivity index (χ4n) is 6.66. The fourth-order valence-corrected chi connectivity index (χ4v) is 7.73. The first-order valence-electron chi connectivity index (χ1n) is 14.0. The van der Waals surface area contributed by atoms with Crippen LogP contribution in [0.4, 0.5) is 0 Å². The number of carbonyl (C=O) groups excluding carboxylic acids is 1. The van der Waals surface area contributed by atoms with E-state index in [0.717, 1.165) is 71.7 Å². The van der Waals surface area contributed by atoms with Gasteiger partial charge in [0.05, 0.1) is 23.8 Å². The molecule has 9 nitrogen and oxygen atoms in total. The van der Waals surface area contributed by atoms with Gasteiger partial charge in [0.15, 0.2) is 0 Å². The Morgan fingerprint density at radius 2 is 1.89 bits per heavy atom. The highest BCUT2D eigenvalue weighted by Crippen LogP contribution is 2.28. The van der Waals surface area contributed by atoms with E-state index >= 15 is 0 Å². The standard InChI is InChI=1S/C25H47N7O2S/c1-16-3-4-19(29-24(33)23-15-28-17(2)35-23)12-22(16)31-25-27-6-5-21(30-25)18-11-20(14-26-13-18)32-7-9-34-10-8-32/h16-23,25-28,30-31H,3-15H2,1-2H3,(H,29,33). The number of thioether (sulfide) groups is 1. The maximum Gasteiger partial charge on any atom is 0.234 e. The van der Waals surface area contributed by atoms with Crippen LogP contribution in [-0.2, 0) is 9.53 Å². The molecule has 1 aliphatic carbocycles. The zero-order chi connectivity index (χ0) is 24.2. The van der Waals surface area contributed by atoms with Crippen LogP contribution in [-0.4, -0.2) is 104 Å². The van der Waals surface area contributed by atoms with E-state index in [2.05, 4.69) is 50.6 Å². The first kappa shape index (κ1) is 26.2. The van der Waals surface area contributed by atoms with Gasteiger partial charge in [0.25, 0.3) is 0 Å². The van der Waals surface area contributed by atoms with E-state index < -0.39 is 0 Å². The summed E-state index contributed by atoms with van der Waals surface area (Å²) in [5.74, 6) is 1.47. The third kappa shape index (κ3) is 6.90. The second-order valence-electron chi connectivity index (χ2n) is 11.3. The summed E-state index contributed by atoms with van der Waals surface area (Å²) in [5.41, 5.74) is 0. The quantitative estimate of drug-likeness (QED) is 0.292. The average molecular weight is 510 g/mol. The van der Waals surface area contributed by atoms with Crippen LogP contribution in [0.1, 0.15) is 46.0 Å². The molecule has 5 rings (SSSR count). The Morgan fingerprint density at radius 1 is 1.03 bits per heavy atom. The van der Waals surface area contributed by atoms with Crippen LogP contribution in [0.15, 0.2) is 0 Å². The van der Waals surface area contributed by atoms with Crippen molar-refractivity contribution < 1.29 is 9.53 Å². The summed E-state index contributed by atoms with van der Waals surface area (Å²) in [5, 5.41) is 22.3. The van der Waals surface area contributed by atoms with Crippen molar-refractivity contribution in [2.75, 3.05) is 52.5 Å². The second kappa shape index (κ2) is 12.4. The topological polar surface area (TPSA) is 102 Å². The predicted molar refractivity (Wildman–Crippen MR) is 141 cm³/mol. The SMILES string of the molecule is CC1NCC(C(=O)NC2CCC(C)C(NC3NCCC(C4CNCC(N5CCOCC5)C4)N3)C2)S1. The van der Waals surface area contributed by atoms with Gasteiger partial charge in [0.2, 0.25) is 5.91 Å². The minimum atomic E-state index is 0.0450. The number of amides is 1. The van der Waals surface area contributed by atoms with Crippen molar-refractivity contribution in [1.82, 2.24) is 36.8 Å². The van der Waals surface area contributed by atoms with Crippen molar-refractivity contribution in [3.63, 3.8) is 0 Å². The molecule has 1 amide bonds. The molecule has 4 aliphatic heterocycles. The molecule has 0 aromatic carbocycles. The summed E-state index contributed by atoms with van der Waals surface area (Å²) >= 11 is 1.74. The van der Waals surface area contributed by atoms with Crippen LogP contribution in [0, 0.1) is 11.8 Å². The molecule has 5 fully saturated rings. The molecule has 0 spiro atoms. The number of hydrogen-bond acceptors (Lipinski definition) is 9. The van der Waals surface area contributed by atoms with E-state index in [0.29, 0.717) is 35.3 Å². The number of hydrogen-bond donors (Lipinski definition) is 6. The van der Waals surface area contributed by atoms with Crippen LogP contribution in [0.5, 0.6) is 0 Å². The molecule has 0 radical (unpaired) electrons. The lowest BCUT2D eigenvalue weighted by Crippen LogP contribution is -2.67. The molecule has 10 heteroatoms. The van der Waals surface area contributed by atoms with Gasteiger partial charge in [0, 0.05) is 50.3 Å². The van der Waals surface area contributed by atoms with E-state index in [-0.39, 0.29) is 23.5 Å². The number of morpholine rings is 1. The number of carbonyl (C=O) groups is 1. The third-order valence-corrected chi connectivity index (χ3v) is 10.1. The van der Waals surface area contributed by atoms with E-state index in [1.165, 1.54) is 12.8 Å². The average Bonchev–Trinajstić information content (AvgIpc) is 3.33. The van der Waals surface area contributed by atoms with Crippen molar-refractivity contribution in [3.05, 3.63) is 0 Å². The summed E-state index contributed by atoms with van der Waals surface area (Å²) in [4.78, 5) is 15.4. The molecule has 0 bridgehead atoms. The molecule has 4 saturated heterocycles. The van der Waals surface area contributed by atoms with Crippen LogP contribution in [0.25, 0.3) is 0 Å². The number of nitrogens with zero attached hydrogens (tertiary/aromatic N) is 1. The Labute approximate surface area is 215 Å². The smallest absolute Gasteiger partial charge is 0.234 e. The zero-order valence-corrected chi connectivity index (χ0v) is 22.4. The molecule has 5 aliphatic rings. The Bertz CT molecular complexity index is 697. The number of ether oxygens (including phenoxy) is 1. The highest BCUT2D eigenvalue weighted by molar-refractivity contribution is 8.01. The Balaban J connectivity index is 1.10. The normalized spacial score (nSPS) is 43.7. The number of piperidine rings is 1. The van der Waals surface area contributed by atoms with E-state index in [9.17, 15) is 4.79 Å². The molecular weight excluding hydrogens is 462 g/mol. The highest BCUT2D eigenvalue weighted by Gasteiger charge is 2.37. The Kier molecular flexibility index (Phi) is 9.26. The summed E-state index contributed by atoms with van der Waals surface area (Å²) in [7, 11) is 0. The maximum atomic E-state index is 12.8. The molecule has 35 heavy (non-hydrogen) atoms. The van der Waals surface area contributed by atoms with Crippen LogP contribution < -0.4 is 31.9 Å². The Hall–Kier alpha value is -0.460.